The number of fused-ring (bicyclic) bond motifs is 1. The first-order valence-corrected chi connectivity index (χ1v) is 9.40. The van der Waals surface area contributed by atoms with Gasteiger partial charge in [0, 0.05) is 29.4 Å². The Labute approximate surface area is 162 Å². The van der Waals surface area contributed by atoms with Crippen LogP contribution in [0, 0.1) is 0 Å². The summed E-state index contributed by atoms with van der Waals surface area (Å²) in [6, 6.07) is 7.25. The van der Waals surface area contributed by atoms with Gasteiger partial charge in [-0.15, -0.1) is 11.8 Å². The largest absolute Gasteiger partial charge is 0.393 e. The van der Waals surface area contributed by atoms with Crippen molar-refractivity contribution in [3.63, 3.8) is 0 Å². The van der Waals surface area contributed by atoms with Crippen LogP contribution in [0.25, 0.3) is 5.70 Å². The molecular weight excluding hydrogens is 364 g/mol. The van der Waals surface area contributed by atoms with Crippen LogP contribution in [0.1, 0.15) is 19.4 Å². The molecule has 2 aromatic rings. The zero-order valence-electron chi connectivity index (χ0n) is 15.5. The predicted octanol–water partition coefficient (Wildman–Crippen LogP) is 1.92. The van der Waals surface area contributed by atoms with Crippen molar-refractivity contribution < 1.29 is 9.59 Å². The number of benzene rings is 1. The van der Waals surface area contributed by atoms with Gasteiger partial charge in [-0.3, -0.25) is 9.59 Å². The first-order chi connectivity index (χ1) is 12.9. The maximum Gasteiger partial charge on any atom is 0.266 e. The van der Waals surface area contributed by atoms with Gasteiger partial charge in [0.1, 0.15) is 11.5 Å². The second-order valence-corrected chi connectivity index (χ2v) is 6.52. The average molecular weight is 388 g/mol. The normalized spacial score (nSPS) is 13.9. The highest BCUT2D eigenvalue weighted by atomic mass is 32.2. The number of H-pyrrole nitrogens is 1. The molecule has 2 amide bonds. The Morgan fingerprint density at radius 3 is 2.56 bits per heavy atom. The van der Waals surface area contributed by atoms with E-state index in [0.29, 0.717) is 28.5 Å². The van der Waals surface area contributed by atoms with Crippen LogP contribution in [0.2, 0.25) is 0 Å². The number of primary amides is 1. The van der Waals surface area contributed by atoms with Crippen LogP contribution in [-0.2, 0) is 9.59 Å². The van der Waals surface area contributed by atoms with Gasteiger partial charge in [-0.25, -0.2) is 0 Å². The Bertz CT molecular complexity index is 890. The standard InChI is InChI=1S/C16H18N6O2S.C2H6/c1-22-10-6-8(2-3-11(10)25-7-12(22)23)21-14(13(17)16(19)24)9-4-5-20-15(9)18;1-2/h2-6,20-21H,7,17-18H2,1H3,(H2,19,24);1-2H3/b14-13+;. The molecule has 27 heavy (non-hydrogen) atoms. The third kappa shape index (κ3) is 4.20. The summed E-state index contributed by atoms with van der Waals surface area (Å²) in [4.78, 5) is 28.9. The van der Waals surface area contributed by atoms with Crippen LogP contribution in [0.5, 0.6) is 0 Å². The Morgan fingerprint density at radius 1 is 1.26 bits per heavy atom. The van der Waals surface area contributed by atoms with Crippen LogP contribution in [0.3, 0.4) is 0 Å². The summed E-state index contributed by atoms with van der Waals surface area (Å²) in [6.07, 6.45) is 1.64. The van der Waals surface area contributed by atoms with E-state index in [4.69, 9.17) is 17.2 Å². The van der Waals surface area contributed by atoms with Crippen LogP contribution < -0.4 is 27.4 Å². The van der Waals surface area contributed by atoms with Gasteiger partial charge in [-0.1, -0.05) is 13.8 Å². The maximum atomic E-state index is 11.9. The van der Waals surface area contributed by atoms with Crippen molar-refractivity contribution >= 4 is 46.5 Å². The number of aromatic amines is 1. The second kappa shape index (κ2) is 8.54. The molecule has 0 spiro atoms. The van der Waals surface area contributed by atoms with E-state index in [0.717, 1.165) is 10.6 Å². The Kier molecular flexibility index (Phi) is 6.40. The van der Waals surface area contributed by atoms with Crippen molar-refractivity contribution in [3.05, 3.63) is 41.7 Å². The summed E-state index contributed by atoms with van der Waals surface area (Å²) in [5, 5.41) is 3.10. The van der Waals surface area contributed by atoms with Gasteiger partial charge in [-0.2, -0.15) is 0 Å². The molecule has 0 saturated carbocycles. The molecule has 0 atom stereocenters. The van der Waals surface area contributed by atoms with Gasteiger partial charge in [0.2, 0.25) is 5.91 Å². The minimum absolute atomic E-state index is 0.0249. The minimum Gasteiger partial charge on any atom is -0.393 e. The van der Waals surface area contributed by atoms with Gasteiger partial charge >= 0.3 is 0 Å². The van der Waals surface area contributed by atoms with Gasteiger partial charge < -0.3 is 32.4 Å². The monoisotopic (exact) mass is 388 g/mol. The number of anilines is 3. The minimum atomic E-state index is -0.760. The fourth-order valence-corrected chi connectivity index (χ4v) is 3.48. The third-order valence-corrected chi connectivity index (χ3v) is 4.95. The lowest BCUT2D eigenvalue weighted by atomic mass is 10.1. The maximum absolute atomic E-state index is 11.9. The van der Waals surface area contributed by atoms with Crippen molar-refractivity contribution in [2.45, 2.75) is 18.7 Å². The van der Waals surface area contributed by atoms with E-state index in [-0.39, 0.29) is 11.6 Å². The summed E-state index contributed by atoms with van der Waals surface area (Å²) >= 11 is 1.48. The number of nitrogens with one attached hydrogen (secondary N) is 2. The number of carbonyl (C=O) groups is 2. The number of nitrogens with zero attached hydrogens (tertiary/aromatic N) is 1. The lowest BCUT2D eigenvalue weighted by Gasteiger charge is -2.26. The van der Waals surface area contributed by atoms with Gasteiger partial charge in [0.25, 0.3) is 5.91 Å². The molecule has 0 fully saturated rings. The summed E-state index contributed by atoms with van der Waals surface area (Å²) in [5.74, 6) is 0.0315. The molecule has 1 aliphatic rings. The van der Waals surface area contributed by atoms with E-state index < -0.39 is 5.91 Å². The molecular formula is C18H24N6O2S. The number of hydrogen-bond acceptors (Lipinski definition) is 6. The molecule has 0 radical (unpaired) electrons. The van der Waals surface area contributed by atoms with E-state index in [9.17, 15) is 9.59 Å². The van der Waals surface area contributed by atoms with Gasteiger partial charge in [0.05, 0.1) is 17.1 Å². The molecule has 144 valence electrons. The third-order valence-electron chi connectivity index (χ3n) is 3.90. The number of rotatable bonds is 4. The number of nitrogens with two attached hydrogens (primary N) is 3. The number of aromatic nitrogens is 1. The molecule has 1 aromatic heterocycles. The molecule has 8 nitrogen and oxygen atoms in total. The molecule has 8 N–H and O–H groups in total. The fraction of sp³-hybridized carbons (Fsp3) is 0.222. The molecule has 0 unspecified atom stereocenters. The molecule has 1 aromatic carbocycles. The molecule has 3 rings (SSSR count). The van der Waals surface area contributed by atoms with Crippen molar-refractivity contribution in [3.8, 4) is 0 Å². The van der Waals surface area contributed by atoms with Crippen molar-refractivity contribution in [1.29, 1.82) is 0 Å². The lowest BCUT2D eigenvalue weighted by Crippen LogP contribution is -2.31. The highest BCUT2D eigenvalue weighted by molar-refractivity contribution is 8.00. The highest BCUT2D eigenvalue weighted by Gasteiger charge is 2.22. The Hall–Kier alpha value is -3.07. The molecule has 0 aliphatic carbocycles. The summed E-state index contributed by atoms with van der Waals surface area (Å²) < 4.78 is 0. The van der Waals surface area contributed by atoms with E-state index in [2.05, 4.69) is 10.3 Å². The van der Waals surface area contributed by atoms with Crippen LogP contribution in [0.15, 0.2) is 41.1 Å². The number of thioether (sulfide) groups is 1. The number of nitrogen functional groups attached to an aromatic ring is 1. The van der Waals surface area contributed by atoms with Crippen molar-refractivity contribution in [1.82, 2.24) is 4.98 Å². The quantitative estimate of drug-likeness (QED) is 0.506. The van der Waals surface area contributed by atoms with Gasteiger partial charge in [0.15, 0.2) is 0 Å². The van der Waals surface area contributed by atoms with Crippen molar-refractivity contribution in [2.75, 3.05) is 28.8 Å². The molecule has 2 heterocycles. The zero-order chi connectivity index (χ0) is 20.1. The number of hydrogen-bond donors (Lipinski definition) is 5. The predicted molar refractivity (Wildman–Crippen MR) is 111 cm³/mol. The summed E-state index contributed by atoms with van der Waals surface area (Å²) in [5.41, 5.74) is 19.2. The first kappa shape index (κ1) is 20.2. The van der Waals surface area contributed by atoms with Crippen LogP contribution in [-0.4, -0.2) is 29.6 Å². The smallest absolute Gasteiger partial charge is 0.266 e. The van der Waals surface area contributed by atoms with Crippen molar-refractivity contribution in [2.24, 2.45) is 11.5 Å². The van der Waals surface area contributed by atoms with E-state index in [1.54, 1.807) is 24.2 Å². The van der Waals surface area contributed by atoms with E-state index in [1.165, 1.54) is 11.8 Å². The number of carbonyl (C=O) groups excluding carboxylic acids is 2. The fourth-order valence-electron chi connectivity index (χ4n) is 2.50. The number of amides is 2. The molecule has 1 aliphatic heterocycles. The highest BCUT2D eigenvalue weighted by Crippen LogP contribution is 2.37. The molecule has 0 saturated heterocycles. The lowest BCUT2D eigenvalue weighted by molar-refractivity contribution is -0.116. The van der Waals surface area contributed by atoms with Crippen LogP contribution in [0.4, 0.5) is 17.2 Å². The summed E-state index contributed by atoms with van der Waals surface area (Å²) in [7, 11) is 1.73. The first-order valence-electron chi connectivity index (χ1n) is 8.41. The Balaban J connectivity index is 0.00000126. The topological polar surface area (TPSA) is 143 Å². The summed E-state index contributed by atoms with van der Waals surface area (Å²) in [6.45, 7) is 4.00. The average Bonchev–Trinajstić information content (AvgIpc) is 3.09. The SMILES string of the molecule is CC.CN1C(=O)CSc2ccc(N/C(=C(/N)C(N)=O)c3cc[nH]c3N)cc21. The van der Waals surface area contributed by atoms with Crippen LogP contribution >= 0.6 is 11.8 Å². The zero-order valence-corrected chi connectivity index (χ0v) is 16.3. The second-order valence-electron chi connectivity index (χ2n) is 5.51. The molecule has 0 bridgehead atoms. The van der Waals surface area contributed by atoms with E-state index in [1.807, 2.05) is 32.0 Å². The Morgan fingerprint density at radius 2 is 1.96 bits per heavy atom. The van der Waals surface area contributed by atoms with E-state index >= 15 is 0 Å². The molecule has 9 heteroatoms. The van der Waals surface area contributed by atoms with Gasteiger partial charge in [-0.05, 0) is 24.3 Å².